The first-order valence-corrected chi connectivity index (χ1v) is 4.15. The quantitative estimate of drug-likeness (QED) is 0.583. The molecule has 2 N–H and O–H groups in total. The molecule has 0 unspecified atom stereocenters. The van der Waals surface area contributed by atoms with E-state index < -0.39 is 0 Å². The lowest BCUT2D eigenvalue weighted by Crippen LogP contribution is -2.41. The number of hydrogen-bond donors (Lipinski definition) is 1. The first kappa shape index (κ1) is 9.01. The van der Waals surface area contributed by atoms with Gasteiger partial charge in [-0.25, -0.2) is 0 Å². The van der Waals surface area contributed by atoms with Crippen LogP contribution in [0, 0.1) is 17.2 Å². The summed E-state index contributed by atoms with van der Waals surface area (Å²) >= 11 is 0. The van der Waals surface area contributed by atoms with E-state index in [1.807, 2.05) is 0 Å². The van der Waals surface area contributed by atoms with Crippen LogP contribution < -0.4 is 5.73 Å². The molecule has 0 aromatic carbocycles. The zero-order valence-electron chi connectivity index (χ0n) is 6.99. The second-order valence-electron chi connectivity index (χ2n) is 2.99. The van der Waals surface area contributed by atoms with E-state index in [4.69, 9.17) is 11.0 Å². The minimum atomic E-state index is -0.00797. The van der Waals surface area contributed by atoms with E-state index in [9.17, 15) is 4.79 Å². The molecule has 0 radical (unpaired) electrons. The normalized spacial score (nSPS) is 18.8. The van der Waals surface area contributed by atoms with Gasteiger partial charge in [-0.2, -0.15) is 5.26 Å². The van der Waals surface area contributed by atoms with Crippen LogP contribution in [0.1, 0.15) is 12.8 Å². The number of nitrogens with zero attached hydrogens (tertiary/aromatic N) is 2. The molecule has 0 bridgehead atoms. The largest absolute Gasteiger partial charge is 0.342 e. The highest BCUT2D eigenvalue weighted by Gasteiger charge is 2.21. The summed E-state index contributed by atoms with van der Waals surface area (Å²) in [7, 11) is 0. The number of carbonyl (C=O) groups excluding carboxylic acids is 1. The maximum atomic E-state index is 11.1. The molecule has 0 spiro atoms. The van der Waals surface area contributed by atoms with Crippen molar-refractivity contribution in [1.29, 1.82) is 5.26 Å². The van der Waals surface area contributed by atoms with Crippen molar-refractivity contribution in [2.75, 3.05) is 19.6 Å². The first-order valence-electron chi connectivity index (χ1n) is 4.15. The molecule has 1 aliphatic heterocycles. The third-order valence-corrected chi connectivity index (χ3v) is 2.20. The van der Waals surface area contributed by atoms with Gasteiger partial charge in [0.05, 0.1) is 12.6 Å². The molecule has 1 saturated heterocycles. The number of nitrogens with two attached hydrogens (primary N) is 1. The van der Waals surface area contributed by atoms with Gasteiger partial charge in [0.15, 0.2) is 0 Å². The van der Waals surface area contributed by atoms with Crippen molar-refractivity contribution >= 4 is 5.91 Å². The van der Waals surface area contributed by atoms with Crippen molar-refractivity contribution in [2.24, 2.45) is 11.7 Å². The van der Waals surface area contributed by atoms with E-state index in [2.05, 4.69) is 6.07 Å². The van der Waals surface area contributed by atoms with Crippen LogP contribution in [0.5, 0.6) is 0 Å². The van der Waals surface area contributed by atoms with E-state index in [0.29, 0.717) is 13.1 Å². The molecule has 4 nitrogen and oxygen atoms in total. The lowest BCUT2D eigenvalue weighted by molar-refractivity contribution is -0.130. The average molecular weight is 167 g/mol. The Labute approximate surface area is 71.9 Å². The summed E-state index contributed by atoms with van der Waals surface area (Å²) in [6.07, 6.45) is 1.59. The SMILES string of the molecule is N#CC1CCN(C(=O)CN)CC1. The van der Waals surface area contributed by atoms with Crippen LogP contribution in [-0.4, -0.2) is 30.4 Å². The molecule has 0 saturated carbocycles. The third-order valence-electron chi connectivity index (χ3n) is 2.20. The topological polar surface area (TPSA) is 70.1 Å². The highest BCUT2D eigenvalue weighted by molar-refractivity contribution is 5.78. The van der Waals surface area contributed by atoms with Crippen LogP contribution in [0.4, 0.5) is 0 Å². The molecule has 1 rings (SSSR count). The van der Waals surface area contributed by atoms with Gasteiger partial charge >= 0.3 is 0 Å². The number of hydrogen-bond acceptors (Lipinski definition) is 3. The lowest BCUT2D eigenvalue weighted by Gasteiger charge is -2.28. The van der Waals surface area contributed by atoms with Crippen molar-refractivity contribution in [3.8, 4) is 6.07 Å². The molecule has 1 fully saturated rings. The number of amides is 1. The Hall–Kier alpha value is -1.08. The smallest absolute Gasteiger partial charge is 0.236 e. The fraction of sp³-hybridized carbons (Fsp3) is 0.750. The predicted octanol–water partition coefficient (Wildman–Crippen LogP) is -0.293. The zero-order valence-corrected chi connectivity index (χ0v) is 6.99. The van der Waals surface area contributed by atoms with Gasteiger partial charge in [-0.1, -0.05) is 0 Å². The van der Waals surface area contributed by atoms with Gasteiger partial charge in [-0.3, -0.25) is 4.79 Å². The number of rotatable bonds is 1. The second kappa shape index (κ2) is 4.07. The Kier molecular flexibility index (Phi) is 3.06. The van der Waals surface area contributed by atoms with E-state index in [1.165, 1.54) is 0 Å². The summed E-state index contributed by atoms with van der Waals surface area (Å²) in [5.41, 5.74) is 5.21. The van der Waals surface area contributed by atoms with Crippen molar-refractivity contribution in [3.63, 3.8) is 0 Å². The standard InChI is InChI=1S/C8H13N3O/c9-5-7-1-3-11(4-2-7)8(12)6-10/h7H,1-4,6,10H2. The van der Waals surface area contributed by atoms with Gasteiger partial charge in [0.25, 0.3) is 0 Å². The molecular weight excluding hydrogens is 154 g/mol. The van der Waals surface area contributed by atoms with Crippen LogP contribution in [0.3, 0.4) is 0 Å². The molecule has 12 heavy (non-hydrogen) atoms. The van der Waals surface area contributed by atoms with Crippen LogP contribution in [0.2, 0.25) is 0 Å². The van der Waals surface area contributed by atoms with Crippen LogP contribution in [0.25, 0.3) is 0 Å². The summed E-state index contributed by atoms with van der Waals surface area (Å²) in [5, 5.41) is 8.59. The third kappa shape index (κ3) is 1.95. The Morgan fingerprint density at radius 1 is 1.58 bits per heavy atom. The van der Waals surface area contributed by atoms with E-state index in [-0.39, 0.29) is 18.4 Å². The number of nitriles is 1. The van der Waals surface area contributed by atoms with Crippen LogP contribution in [-0.2, 0) is 4.79 Å². The van der Waals surface area contributed by atoms with Crippen molar-refractivity contribution in [2.45, 2.75) is 12.8 Å². The Morgan fingerprint density at radius 2 is 2.17 bits per heavy atom. The van der Waals surface area contributed by atoms with Gasteiger partial charge in [-0.05, 0) is 12.8 Å². The van der Waals surface area contributed by atoms with Crippen molar-refractivity contribution in [3.05, 3.63) is 0 Å². The summed E-state index contributed by atoms with van der Waals surface area (Å²) < 4.78 is 0. The van der Waals surface area contributed by atoms with Crippen molar-refractivity contribution in [1.82, 2.24) is 4.90 Å². The van der Waals surface area contributed by atoms with Crippen molar-refractivity contribution < 1.29 is 4.79 Å². The number of piperidine rings is 1. The molecule has 0 atom stereocenters. The van der Waals surface area contributed by atoms with Crippen LogP contribution in [0.15, 0.2) is 0 Å². The first-order chi connectivity index (χ1) is 5.77. The summed E-state index contributed by atoms with van der Waals surface area (Å²) in [4.78, 5) is 12.8. The number of likely N-dealkylation sites (tertiary alicyclic amines) is 1. The fourth-order valence-electron chi connectivity index (χ4n) is 1.39. The van der Waals surface area contributed by atoms with Gasteiger partial charge in [-0.15, -0.1) is 0 Å². The van der Waals surface area contributed by atoms with Gasteiger partial charge in [0, 0.05) is 19.0 Å². The predicted molar refractivity (Wildman–Crippen MR) is 44.0 cm³/mol. The molecule has 0 aromatic heterocycles. The lowest BCUT2D eigenvalue weighted by atomic mass is 9.99. The average Bonchev–Trinajstić information content (AvgIpc) is 2.17. The summed E-state index contributed by atoms with van der Waals surface area (Å²) in [6, 6.07) is 2.21. The molecule has 0 aliphatic carbocycles. The maximum Gasteiger partial charge on any atom is 0.236 e. The molecule has 0 aromatic rings. The molecule has 1 amide bonds. The Morgan fingerprint density at radius 3 is 2.58 bits per heavy atom. The summed E-state index contributed by atoms with van der Waals surface area (Å²) in [6.45, 7) is 1.46. The molecule has 1 heterocycles. The Balaban J connectivity index is 2.37. The van der Waals surface area contributed by atoms with Crippen LogP contribution >= 0.6 is 0 Å². The van der Waals surface area contributed by atoms with E-state index >= 15 is 0 Å². The summed E-state index contributed by atoms with van der Waals surface area (Å²) in [5.74, 6) is 0.123. The molecular formula is C8H13N3O. The molecule has 66 valence electrons. The monoisotopic (exact) mass is 167 g/mol. The highest BCUT2D eigenvalue weighted by Crippen LogP contribution is 2.15. The van der Waals surface area contributed by atoms with Gasteiger partial charge in [0.2, 0.25) is 5.91 Å². The van der Waals surface area contributed by atoms with E-state index in [0.717, 1.165) is 12.8 Å². The van der Waals surface area contributed by atoms with Gasteiger partial charge < -0.3 is 10.6 Å². The maximum absolute atomic E-state index is 11.1. The second-order valence-corrected chi connectivity index (χ2v) is 2.99. The molecule has 1 aliphatic rings. The van der Waals surface area contributed by atoms with E-state index in [1.54, 1.807) is 4.90 Å². The zero-order chi connectivity index (χ0) is 8.97. The number of carbonyl (C=O) groups is 1. The molecule has 4 heteroatoms. The minimum absolute atomic E-state index is 0.00797. The van der Waals surface area contributed by atoms with Gasteiger partial charge in [0.1, 0.15) is 0 Å². The highest BCUT2D eigenvalue weighted by atomic mass is 16.2. The fourth-order valence-corrected chi connectivity index (χ4v) is 1.39. The minimum Gasteiger partial charge on any atom is -0.342 e. The Bertz CT molecular complexity index is 201.